The standard InChI is InChI=1S/C28H46O/c1-18(2)19(3)7-8-20(4)24-11-12-25-23-10-9-21-17-22(29)13-15-27(21,5)26(23)14-16-28(24,25)6/h11-12,18-22,24,26,29H,7-10,13-17H2,1-6H3. The van der Waals surface area contributed by atoms with Crippen molar-refractivity contribution in [2.75, 3.05) is 0 Å². The Morgan fingerprint density at radius 3 is 2.52 bits per heavy atom. The van der Waals surface area contributed by atoms with Crippen molar-refractivity contribution in [1.29, 1.82) is 0 Å². The van der Waals surface area contributed by atoms with Gasteiger partial charge in [0.05, 0.1) is 6.10 Å². The molecule has 0 heterocycles. The summed E-state index contributed by atoms with van der Waals surface area (Å²) in [5.74, 6) is 4.66. The van der Waals surface area contributed by atoms with E-state index in [2.05, 4.69) is 53.7 Å². The van der Waals surface area contributed by atoms with Gasteiger partial charge in [0, 0.05) is 0 Å². The Hall–Kier alpha value is -0.560. The minimum absolute atomic E-state index is 0.0408. The Morgan fingerprint density at radius 2 is 1.79 bits per heavy atom. The molecule has 0 aromatic carbocycles. The van der Waals surface area contributed by atoms with E-state index in [0.29, 0.717) is 10.8 Å². The molecule has 1 N–H and O–H groups in total. The van der Waals surface area contributed by atoms with Crippen molar-refractivity contribution in [1.82, 2.24) is 0 Å². The van der Waals surface area contributed by atoms with Gasteiger partial charge in [0.1, 0.15) is 0 Å². The zero-order chi connectivity index (χ0) is 21.0. The molecule has 0 aromatic heterocycles. The molecule has 2 saturated carbocycles. The molecule has 8 unspecified atom stereocenters. The second-order valence-corrected chi connectivity index (χ2v) is 12.3. The lowest BCUT2D eigenvalue weighted by Crippen LogP contribution is -2.48. The van der Waals surface area contributed by atoms with Crippen molar-refractivity contribution < 1.29 is 5.11 Å². The Morgan fingerprint density at radius 1 is 1.03 bits per heavy atom. The maximum absolute atomic E-state index is 10.2. The Bertz CT molecular complexity index is 672. The molecule has 0 amide bonds. The molecule has 0 bridgehead atoms. The Balaban J connectivity index is 1.54. The third-order valence-electron chi connectivity index (χ3n) is 10.4. The van der Waals surface area contributed by atoms with Crippen LogP contribution in [0.1, 0.15) is 99.3 Å². The molecule has 0 aromatic rings. The first-order valence-electron chi connectivity index (χ1n) is 12.8. The van der Waals surface area contributed by atoms with Crippen LogP contribution in [0.3, 0.4) is 0 Å². The molecule has 29 heavy (non-hydrogen) atoms. The van der Waals surface area contributed by atoms with Crippen LogP contribution in [0.15, 0.2) is 23.3 Å². The van der Waals surface area contributed by atoms with E-state index >= 15 is 0 Å². The predicted octanol–water partition coefficient (Wildman–Crippen LogP) is 7.55. The molecule has 0 radical (unpaired) electrons. The van der Waals surface area contributed by atoms with Gasteiger partial charge in [0.25, 0.3) is 0 Å². The smallest absolute Gasteiger partial charge is 0.0543 e. The molecular formula is C28H46O. The van der Waals surface area contributed by atoms with Crippen LogP contribution in [-0.2, 0) is 0 Å². The highest BCUT2D eigenvalue weighted by Crippen LogP contribution is 2.64. The number of allylic oxidation sites excluding steroid dienone is 4. The zero-order valence-electron chi connectivity index (χ0n) is 20.0. The van der Waals surface area contributed by atoms with E-state index in [1.54, 1.807) is 5.57 Å². The Kier molecular flexibility index (Phi) is 5.86. The molecule has 4 aliphatic carbocycles. The van der Waals surface area contributed by atoms with Crippen LogP contribution in [0.5, 0.6) is 0 Å². The lowest BCUT2D eigenvalue weighted by molar-refractivity contribution is -0.0376. The first kappa shape index (κ1) is 21.7. The number of aliphatic hydroxyl groups excluding tert-OH is 1. The van der Waals surface area contributed by atoms with Crippen LogP contribution in [-0.4, -0.2) is 11.2 Å². The van der Waals surface area contributed by atoms with Crippen LogP contribution in [0.2, 0.25) is 0 Å². The van der Waals surface area contributed by atoms with E-state index in [4.69, 9.17) is 0 Å². The summed E-state index contributed by atoms with van der Waals surface area (Å²) in [6.07, 6.45) is 16.5. The fourth-order valence-electron chi connectivity index (χ4n) is 7.89. The summed E-state index contributed by atoms with van der Waals surface area (Å²) in [5.41, 5.74) is 4.39. The first-order valence-corrected chi connectivity index (χ1v) is 12.8. The molecule has 0 spiro atoms. The van der Waals surface area contributed by atoms with Crippen molar-refractivity contribution in [2.45, 2.75) is 105 Å². The molecule has 2 fully saturated rings. The highest BCUT2D eigenvalue weighted by Gasteiger charge is 2.54. The normalized spacial score (nSPS) is 43.7. The second kappa shape index (κ2) is 7.85. The molecule has 1 heteroatoms. The van der Waals surface area contributed by atoms with Crippen LogP contribution < -0.4 is 0 Å². The fraction of sp³-hybridized carbons (Fsp3) is 0.857. The summed E-state index contributed by atoms with van der Waals surface area (Å²) in [7, 11) is 0. The monoisotopic (exact) mass is 398 g/mol. The van der Waals surface area contributed by atoms with Crippen LogP contribution in [0.25, 0.3) is 0 Å². The van der Waals surface area contributed by atoms with E-state index in [9.17, 15) is 5.11 Å². The van der Waals surface area contributed by atoms with Gasteiger partial charge in [-0.3, -0.25) is 0 Å². The van der Waals surface area contributed by atoms with E-state index in [0.717, 1.165) is 48.3 Å². The highest BCUT2D eigenvalue weighted by molar-refractivity contribution is 5.44. The maximum Gasteiger partial charge on any atom is 0.0543 e. The van der Waals surface area contributed by atoms with E-state index in [1.807, 2.05) is 5.57 Å². The van der Waals surface area contributed by atoms with Crippen molar-refractivity contribution >= 4 is 0 Å². The van der Waals surface area contributed by atoms with Gasteiger partial charge in [-0.2, -0.15) is 0 Å². The van der Waals surface area contributed by atoms with E-state index in [1.165, 1.54) is 44.9 Å². The van der Waals surface area contributed by atoms with Gasteiger partial charge in [-0.15, -0.1) is 0 Å². The van der Waals surface area contributed by atoms with Gasteiger partial charge in [-0.1, -0.05) is 65.7 Å². The quantitative estimate of drug-likeness (QED) is 0.506. The summed E-state index contributed by atoms with van der Waals surface area (Å²) in [5, 5.41) is 10.2. The van der Waals surface area contributed by atoms with Crippen LogP contribution in [0, 0.1) is 46.3 Å². The molecule has 0 aliphatic heterocycles. The summed E-state index contributed by atoms with van der Waals surface area (Å²) < 4.78 is 0. The summed E-state index contributed by atoms with van der Waals surface area (Å²) in [4.78, 5) is 0. The largest absolute Gasteiger partial charge is 0.393 e. The van der Waals surface area contributed by atoms with Gasteiger partial charge in [-0.25, -0.2) is 0 Å². The number of hydrogen-bond donors (Lipinski definition) is 1. The van der Waals surface area contributed by atoms with Gasteiger partial charge in [-0.05, 0) is 103 Å². The molecule has 4 aliphatic rings. The minimum Gasteiger partial charge on any atom is -0.393 e. The zero-order valence-corrected chi connectivity index (χ0v) is 20.0. The third-order valence-corrected chi connectivity index (χ3v) is 10.4. The number of rotatable bonds is 5. The lowest BCUT2D eigenvalue weighted by Gasteiger charge is -2.56. The Labute approximate surface area is 180 Å². The molecule has 164 valence electrons. The van der Waals surface area contributed by atoms with Gasteiger partial charge >= 0.3 is 0 Å². The van der Waals surface area contributed by atoms with Crippen molar-refractivity contribution in [3.05, 3.63) is 23.3 Å². The van der Waals surface area contributed by atoms with Crippen LogP contribution in [0.4, 0.5) is 0 Å². The first-order chi connectivity index (χ1) is 13.7. The summed E-state index contributed by atoms with van der Waals surface area (Å²) >= 11 is 0. The van der Waals surface area contributed by atoms with Crippen molar-refractivity contribution in [3.63, 3.8) is 0 Å². The molecule has 0 saturated heterocycles. The third kappa shape index (κ3) is 3.58. The van der Waals surface area contributed by atoms with Gasteiger partial charge in [0.15, 0.2) is 0 Å². The average molecular weight is 399 g/mol. The molecular weight excluding hydrogens is 352 g/mol. The molecule has 8 atom stereocenters. The SMILES string of the molecule is CC(C)C(C)CCC(C)C1C=CC2=C3CCC4CC(O)CCC4(C)C3CCC21C. The van der Waals surface area contributed by atoms with Crippen molar-refractivity contribution in [2.24, 2.45) is 46.3 Å². The van der Waals surface area contributed by atoms with E-state index in [-0.39, 0.29) is 6.10 Å². The summed E-state index contributed by atoms with van der Waals surface area (Å²) in [6, 6.07) is 0. The summed E-state index contributed by atoms with van der Waals surface area (Å²) in [6.45, 7) is 14.9. The molecule has 1 nitrogen and oxygen atoms in total. The van der Waals surface area contributed by atoms with Gasteiger partial charge in [0.2, 0.25) is 0 Å². The number of fused-ring (bicyclic) bond motifs is 4. The number of aliphatic hydroxyl groups is 1. The predicted molar refractivity (Wildman–Crippen MR) is 124 cm³/mol. The van der Waals surface area contributed by atoms with Gasteiger partial charge < -0.3 is 5.11 Å². The maximum atomic E-state index is 10.2. The molecule has 4 rings (SSSR count). The minimum atomic E-state index is -0.0408. The van der Waals surface area contributed by atoms with Crippen molar-refractivity contribution in [3.8, 4) is 0 Å². The van der Waals surface area contributed by atoms with E-state index < -0.39 is 0 Å². The highest BCUT2D eigenvalue weighted by atomic mass is 16.3. The topological polar surface area (TPSA) is 20.2 Å². The lowest BCUT2D eigenvalue weighted by atomic mass is 9.48. The fourth-order valence-corrected chi connectivity index (χ4v) is 7.89. The van der Waals surface area contributed by atoms with Crippen LogP contribution >= 0.6 is 0 Å². The number of hydrogen-bond acceptors (Lipinski definition) is 1. The second-order valence-electron chi connectivity index (χ2n) is 12.3. The average Bonchev–Trinajstić information content (AvgIpc) is 3.03.